The molecular formula is C30H26ClF3N6O3. The van der Waals surface area contributed by atoms with Gasteiger partial charge in [-0.3, -0.25) is 14.3 Å². The summed E-state index contributed by atoms with van der Waals surface area (Å²) >= 11 is 6.24. The number of benzodiazepines with no additional fused rings is 1. The zero-order valence-corrected chi connectivity index (χ0v) is 23.4. The summed E-state index contributed by atoms with van der Waals surface area (Å²) in [7, 11) is 0. The zero-order chi connectivity index (χ0) is 30.3. The van der Waals surface area contributed by atoms with Crippen molar-refractivity contribution >= 4 is 46.0 Å². The van der Waals surface area contributed by atoms with Gasteiger partial charge < -0.3 is 15.2 Å². The van der Waals surface area contributed by atoms with Crippen LogP contribution in [0.5, 0.6) is 0 Å². The minimum atomic E-state index is -4.69. The number of carbonyl (C=O) groups excluding carboxylic acids is 2. The van der Waals surface area contributed by atoms with Crippen molar-refractivity contribution in [1.29, 1.82) is 0 Å². The predicted molar refractivity (Wildman–Crippen MR) is 157 cm³/mol. The Hall–Kier alpha value is -4.58. The number of amides is 3. The van der Waals surface area contributed by atoms with Gasteiger partial charge in [-0.15, -0.1) is 0 Å². The molecule has 0 unspecified atom stereocenters. The number of fused-ring (bicyclic) bond motifs is 2. The average Bonchev–Trinajstić information content (AvgIpc) is 3.29. The highest BCUT2D eigenvalue weighted by Gasteiger charge is 2.40. The van der Waals surface area contributed by atoms with E-state index >= 15 is 0 Å². The normalized spacial score (nSPS) is 17.9. The third-order valence-corrected chi connectivity index (χ3v) is 7.99. The summed E-state index contributed by atoms with van der Waals surface area (Å²) in [6, 6.07) is 19.4. The monoisotopic (exact) mass is 610 g/mol. The van der Waals surface area contributed by atoms with Crippen LogP contribution in [0.15, 0.2) is 82.6 Å². The molecule has 0 saturated carbocycles. The molecule has 3 aromatic carbocycles. The van der Waals surface area contributed by atoms with Crippen molar-refractivity contribution in [3.05, 3.63) is 99.4 Å². The quantitative estimate of drug-likeness (QED) is 0.336. The molecule has 13 heteroatoms. The van der Waals surface area contributed by atoms with Gasteiger partial charge in [-0.2, -0.15) is 13.2 Å². The molecule has 0 spiro atoms. The van der Waals surface area contributed by atoms with Crippen molar-refractivity contribution in [2.45, 2.75) is 31.2 Å². The number of aliphatic imine (C=N–C) groups is 1. The van der Waals surface area contributed by atoms with Crippen LogP contribution in [0.1, 0.15) is 30.0 Å². The second-order valence-electron chi connectivity index (χ2n) is 10.4. The number of aromatic amines is 1. The van der Waals surface area contributed by atoms with Crippen molar-refractivity contribution in [1.82, 2.24) is 19.8 Å². The van der Waals surface area contributed by atoms with Crippen molar-refractivity contribution in [2.75, 3.05) is 24.5 Å². The number of benzene rings is 3. The van der Waals surface area contributed by atoms with Gasteiger partial charge in [0, 0.05) is 30.3 Å². The lowest BCUT2D eigenvalue weighted by Gasteiger charge is -2.33. The Kier molecular flexibility index (Phi) is 7.47. The van der Waals surface area contributed by atoms with Gasteiger partial charge in [-0.1, -0.05) is 66.2 Å². The molecular weight excluding hydrogens is 585 g/mol. The molecule has 222 valence electrons. The molecule has 1 fully saturated rings. The molecule has 43 heavy (non-hydrogen) atoms. The number of halogens is 4. The van der Waals surface area contributed by atoms with Crippen molar-refractivity contribution in [2.24, 2.45) is 4.99 Å². The Morgan fingerprint density at radius 2 is 1.67 bits per heavy atom. The molecule has 1 aromatic heterocycles. The van der Waals surface area contributed by atoms with Gasteiger partial charge in [0.2, 0.25) is 6.17 Å². The number of imidazole rings is 1. The predicted octanol–water partition coefficient (Wildman–Crippen LogP) is 5.10. The fourth-order valence-corrected chi connectivity index (χ4v) is 5.92. The highest BCUT2D eigenvalue weighted by molar-refractivity contribution is 6.34. The number of hydrogen-bond acceptors (Lipinski definition) is 4. The molecule has 2 N–H and O–H groups in total. The van der Waals surface area contributed by atoms with E-state index in [2.05, 4.69) is 15.3 Å². The van der Waals surface area contributed by atoms with Crippen LogP contribution in [0.2, 0.25) is 5.02 Å². The summed E-state index contributed by atoms with van der Waals surface area (Å²) in [6.45, 7) is -1.04. The molecule has 4 aromatic rings. The molecule has 1 saturated heterocycles. The molecule has 3 heterocycles. The molecule has 9 nitrogen and oxygen atoms in total. The second kappa shape index (κ2) is 11.3. The van der Waals surface area contributed by atoms with Crippen LogP contribution in [0.4, 0.5) is 23.7 Å². The molecule has 0 radical (unpaired) electrons. The highest BCUT2D eigenvalue weighted by Crippen LogP contribution is 2.32. The van der Waals surface area contributed by atoms with Crippen LogP contribution in [0.25, 0.3) is 11.0 Å². The van der Waals surface area contributed by atoms with Crippen LogP contribution in [-0.2, 0) is 4.79 Å². The zero-order valence-electron chi connectivity index (χ0n) is 22.6. The van der Waals surface area contributed by atoms with E-state index < -0.39 is 30.8 Å². The van der Waals surface area contributed by atoms with Crippen molar-refractivity contribution in [3.8, 4) is 0 Å². The van der Waals surface area contributed by atoms with E-state index in [1.807, 2.05) is 0 Å². The second-order valence-corrected chi connectivity index (χ2v) is 10.8. The lowest BCUT2D eigenvalue weighted by atomic mass is 10.0. The first-order chi connectivity index (χ1) is 20.6. The summed E-state index contributed by atoms with van der Waals surface area (Å²) in [6.07, 6.45) is -5.42. The van der Waals surface area contributed by atoms with Crippen LogP contribution in [0, 0.1) is 0 Å². The molecule has 0 aliphatic carbocycles. The fraction of sp³-hybridized carbons (Fsp3) is 0.267. The maximum absolute atomic E-state index is 13.7. The Bertz CT molecular complexity index is 1780. The largest absolute Gasteiger partial charge is 0.406 e. The van der Waals surface area contributed by atoms with E-state index in [9.17, 15) is 27.6 Å². The number of H-pyrrole nitrogens is 1. The molecule has 2 aliphatic heterocycles. The Balaban J connectivity index is 1.26. The third-order valence-electron chi connectivity index (χ3n) is 7.67. The smallest absolute Gasteiger partial charge is 0.325 e. The lowest BCUT2D eigenvalue weighted by Crippen LogP contribution is -2.54. The average molecular weight is 611 g/mol. The molecule has 1 atom stereocenters. The molecule has 3 amide bonds. The van der Waals surface area contributed by atoms with Crippen molar-refractivity contribution in [3.63, 3.8) is 0 Å². The van der Waals surface area contributed by atoms with Gasteiger partial charge in [0.25, 0.3) is 5.91 Å². The Morgan fingerprint density at radius 1 is 0.977 bits per heavy atom. The van der Waals surface area contributed by atoms with Gasteiger partial charge in [-0.05, 0) is 31.0 Å². The summed E-state index contributed by atoms with van der Waals surface area (Å²) in [5.74, 6) is -0.999. The van der Waals surface area contributed by atoms with Crippen molar-refractivity contribution < 1.29 is 22.8 Å². The summed E-state index contributed by atoms with van der Waals surface area (Å²) in [5.41, 5.74) is 2.16. The van der Waals surface area contributed by atoms with Crippen LogP contribution in [0.3, 0.4) is 0 Å². The summed E-state index contributed by atoms with van der Waals surface area (Å²) in [4.78, 5) is 49.2. The number of likely N-dealkylation sites (tertiary alicyclic amines) is 1. The van der Waals surface area contributed by atoms with Gasteiger partial charge in [0.05, 0.1) is 27.5 Å². The van der Waals surface area contributed by atoms with Crippen LogP contribution in [-0.4, -0.2) is 64.1 Å². The van der Waals surface area contributed by atoms with E-state index in [1.54, 1.807) is 71.3 Å². The fourth-order valence-electron chi connectivity index (χ4n) is 5.70. The minimum absolute atomic E-state index is 0.0502. The molecule has 2 aliphatic rings. The van der Waals surface area contributed by atoms with Gasteiger partial charge in [-0.25, -0.2) is 14.6 Å². The number of alkyl halides is 3. The number of urea groups is 1. The number of hydrogen-bond donors (Lipinski definition) is 2. The summed E-state index contributed by atoms with van der Waals surface area (Å²) in [5, 5.41) is 3.00. The standard InChI is InChI=1S/C30H26ClF3N6O3/c31-21-10-6-12-23-25(21)36-29(43)40(23)19-13-15-38(16-14-19)28(42)37-26-27(41)39(17-30(32,33)34)22-11-5-4-9-20(22)24(35-26)18-7-2-1-3-8-18/h1-12,19,26H,13-17H2,(H,36,43)(H,37,42)/t26-/m0/s1. The van der Waals surface area contributed by atoms with Gasteiger partial charge >= 0.3 is 17.9 Å². The van der Waals surface area contributed by atoms with E-state index in [4.69, 9.17) is 11.6 Å². The number of carbonyl (C=O) groups is 2. The number of anilines is 1. The first kappa shape index (κ1) is 28.5. The van der Waals surface area contributed by atoms with E-state index in [1.165, 1.54) is 11.0 Å². The van der Waals surface area contributed by atoms with Crippen LogP contribution < -0.4 is 15.9 Å². The third kappa shape index (κ3) is 5.62. The Morgan fingerprint density at radius 3 is 2.40 bits per heavy atom. The van der Waals surface area contributed by atoms with Gasteiger partial charge in [0.1, 0.15) is 6.54 Å². The molecule has 6 rings (SSSR count). The number of piperidine rings is 1. The maximum Gasteiger partial charge on any atom is 0.406 e. The molecule has 0 bridgehead atoms. The minimum Gasteiger partial charge on any atom is -0.325 e. The first-order valence-electron chi connectivity index (χ1n) is 13.7. The number of rotatable bonds is 4. The number of nitrogens with one attached hydrogen (secondary N) is 2. The van der Waals surface area contributed by atoms with Crippen LogP contribution >= 0.6 is 11.6 Å². The van der Waals surface area contributed by atoms with E-state index in [-0.39, 0.29) is 36.2 Å². The maximum atomic E-state index is 13.7. The van der Waals surface area contributed by atoms with E-state index in [0.29, 0.717) is 44.9 Å². The van der Waals surface area contributed by atoms with Gasteiger partial charge in [0.15, 0.2) is 0 Å². The number of nitrogens with zero attached hydrogens (tertiary/aromatic N) is 4. The SMILES string of the molecule is O=C(N[C@@H]1N=C(c2ccccc2)c2ccccc2N(CC(F)(F)F)C1=O)N1CCC(n2c(=O)[nH]c3c(Cl)cccc32)CC1. The number of para-hydroxylation sites is 2. The Labute approximate surface area is 248 Å². The van der Waals surface area contributed by atoms with E-state index in [0.717, 1.165) is 0 Å². The summed E-state index contributed by atoms with van der Waals surface area (Å²) < 4.78 is 42.7. The lowest BCUT2D eigenvalue weighted by molar-refractivity contribution is -0.133. The highest BCUT2D eigenvalue weighted by atomic mass is 35.5. The first-order valence-corrected chi connectivity index (χ1v) is 14.0. The number of aromatic nitrogens is 2. The topological polar surface area (TPSA) is 103 Å².